The molecule has 124 valence electrons. The highest BCUT2D eigenvalue weighted by molar-refractivity contribution is 6.10. The third-order valence-corrected chi connectivity index (χ3v) is 4.36. The summed E-state index contributed by atoms with van der Waals surface area (Å²) < 4.78 is 0. The fourth-order valence-corrected chi connectivity index (χ4v) is 2.99. The number of carbonyl (C=O) groups is 2. The minimum absolute atomic E-state index is 0.101. The molecule has 1 unspecified atom stereocenters. The molecule has 0 heterocycles. The quantitative estimate of drug-likeness (QED) is 0.452. The molecule has 0 N–H and O–H groups in total. The molecule has 0 aliphatic carbocycles. The third-order valence-electron chi connectivity index (χ3n) is 4.36. The maximum absolute atomic E-state index is 12.6. The number of rotatable bonds is 6. The first-order valence-corrected chi connectivity index (χ1v) is 8.41. The molecule has 0 aliphatic heterocycles. The Morgan fingerprint density at radius 1 is 0.880 bits per heavy atom. The van der Waals surface area contributed by atoms with Gasteiger partial charge in [0, 0.05) is 5.56 Å². The molecule has 3 aromatic rings. The Morgan fingerprint density at radius 2 is 1.56 bits per heavy atom. The first-order valence-electron chi connectivity index (χ1n) is 8.41. The molecule has 0 aromatic heterocycles. The molecule has 0 saturated carbocycles. The molecular weight excluding hydrogens is 308 g/mol. The molecule has 2 heteroatoms. The van der Waals surface area contributed by atoms with E-state index in [4.69, 9.17) is 0 Å². The van der Waals surface area contributed by atoms with Crippen LogP contribution in [-0.4, -0.2) is 11.6 Å². The standard InChI is InChI=1S/C23H20O2/c1-17(24)21(23(25)20-10-3-2-4-11-20)16-8-14-19-13-7-12-18-9-5-6-15-22(18)19/h2-15,21H,16H2,1H3/b14-8+. The third kappa shape index (κ3) is 3.92. The van der Waals surface area contributed by atoms with Gasteiger partial charge in [-0.25, -0.2) is 0 Å². The fourth-order valence-electron chi connectivity index (χ4n) is 2.99. The zero-order valence-electron chi connectivity index (χ0n) is 14.2. The average Bonchev–Trinajstić information content (AvgIpc) is 2.65. The van der Waals surface area contributed by atoms with Gasteiger partial charge < -0.3 is 0 Å². The van der Waals surface area contributed by atoms with E-state index in [9.17, 15) is 9.59 Å². The van der Waals surface area contributed by atoms with Crippen LogP contribution >= 0.6 is 0 Å². The van der Waals surface area contributed by atoms with Crippen LogP contribution in [0.5, 0.6) is 0 Å². The van der Waals surface area contributed by atoms with Crippen LogP contribution in [0, 0.1) is 5.92 Å². The number of ketones is 2. The largest absolute Gasteiger partial charge is 0.299 e. The maximum Gasteiger partial charge on any atom is 0.173 e. The molecule has 1 atom stereocenters. The minimum Gasteiger partial charge on any atom is -0.299 e. The monoisotopic (exact) mass is 328 g/mol. The summed E-state index contributed by atoms with van der Waals surface area (Å²) in [6, 6.07) is 23.3. The number of benzene rings is 3. The smallest absolute Gasteiger partial charge is 0.173 e. The van der Waals surface area contributed by atoms with E-state index >= 15 is 0 Å². The highest BCUT2D eigenvalue weighted by Crippen LogP contribution is 2.21. The zero-order valence-corrected chi connectivity index (χ0v) is 14.2. The number of hydrogen-bond donors (Lipinski definition) is 0. The van der Waals surface area contributed by atoms with Gasteiger partial charge in [-0.1, -0.05) is 84.9 Å². The van der Waals surface area contributed by atoms with Gasteiger partial charge in [-0.2, -0.15) is 0 Å². The number of Topliss-reactive ketones (excluding diaryl/α,β-unsaturated/α-hetero) is 2. The SMILES string of the molecule is CC(=O)C(C/C=C/c1cccc2ccccc12)C(=O)c1ccccc1. The lowest BCUT2D eigenvalue weighted by atomic mass is 9.91. The van der Waals surface area contributed by atoms with Crippen LogP contribution in [0.15, 0.2) is 78.9 Å². The van der Waals surface area contributed by atoms with Crippen molar-refractivity contribution in [2.75, 3.05) is 0 Å². The minimum atomic E-state index is -0.631. The van der Waals surface area contributed by atoms with Crippen LogP contribution in [0.25, 0.3) is 16.8 Å². The summed E-state index contributed by atoms with van der Waals surface area (Å²) in [5.74, 6) is -0.847. The molecular formula is C23H20O2. The molecule has 0 radical (unpaired) electrons. The summed E-state index contributed by atoms with van der Waals surface area (Å²) >= 11 is 0. The highest BCUT2D eigenvalue weighted by atomic mass is 16.1. The molecule has 3 rings (SSSR count). The van der Waals surface area contributed by atoms with Gasteiger partial charge in [0.15, 0.2) is 5.78 Å². The number of hydrogen-bond acceptors (Lipinski definition) is 2. The van der Waals surface area contributed by atoms with Crippen LogP contribution in [0.4, 0.5) is 0 Å². The van der Waals surface area contributed by atoms with Crippen LogP contribution in [0.3, 0.4) is 0 Å². The van der Waals surface area contributed by atoms with Crippen LogP contribution in [0.1, 0.15) is 29.3 Å². The van der Waals surface area contributed by atoms with Crippen molar-refractivity contribution in [3.63, 3.8) is 0 Å². The van der Waals surface area contributed by atoms with Crippen molar-refractivity contribution in [3.05, 3.63) is 90.0 Å². The summed E-state index contributed by atoms with van der Waals surface area (Å²) in [6.07, 6.45) is 4.33. The molecule has 2 nitrogen and oxygen atoms in total. The van der Waals surface area contributed by atoms with Crippen molar-refractivity contribution in [2.45, 2.75) is 13.3 Å². The van der Waals surface area contributed by atoms with Crippen LogP contribution < -0.4 is 0 Å². The normalized spacial score (nSPS) is 12.4. The van der Waals surface area contributed by atoms with Crippen molar-refractivity contribution in [1.29, 1.82) is 0 Å². The molecule has 0 fully saturated rings. The second-order valence-electron chi connectivity index (χ2n) is 6.10. The van der Waals surface area contributed by atoms with E-state index < -0.39 is 5.92 Å². The lowest BCUT2D eigenvalue weighted by Gasteiger charge is -2.10. The van der Waals surface area contributed by atoms with E-state index in [0.29, 0.717) is 12.0 Å². The van der Waals surface area contributed by atoms with Crippen molar-refractivity contribution in [3.8, 4) is 0 Å². The lowest BCUT2D eigenvalue weighted by Crippen LogP contribution is -2.21. The predicted octanol–water partition coefficient (Wildman–Crippen LogP) is 5.33. The van der Waals surface area contributed by atoms with Crippen LogP contribution in [0.2, 0.25) is 0 Å². The highest BCUT2D eigenvalue weighted by Gasteiger charge is 2.22. The first kappa shape index (κ1) is 16.8. The summed E-state index contributed by atoms with van der Waals surface area (Å²) in [4.78, 5) is 24.5. The van der Waals surface area contributed by atoms with Gasteiger partial charge in [-0.3, -0.25) is 9.59 Å². The molecule has 0 bridgehead atoms. The van der Waals surface area contributed by atoms with Gasteiger partial charge in [0.2, 0.25) is 0 Å². The fraction of sp³-hybridized carbons (Fsp3) is 0.130. The van der Waals surface area contributed by atoms with E-state index in [1.807, 2.05) is 54.6 Å². The van der Waals surface area contributed by atoms with Gasteiger partial charge in [0.1, 0.15) is 5.78 Å². The second kappa shape index (κ2) is 7.71. The molecule has 25 heavy (non-hydrogen) atoms. The lowest BCUT2D eigenvalue weighted by molar-refractivity contribution is -0.119. The van der Waals surface area contributed by atoms with E-state index in [1.54, 1.807) is 12.1 Å². The maximum atomic E-state index is 12.6. The number of carbonyl (C=O) groups excluding carboxylic acids is 2. The van der Waals surface area contributed by atoms with Gasteiger partial charge in [-0.15, -0.1) is 0 Å². The Morgan fingerprint density at radius 3 is 2.32 bits per heavy atom. The van der Waals surface area contributed by atoms with Crippen molar-refractivity contribution in [1.82, 2.24) is 0 Å². The Hall–Kier alpha value is -3.00. The van der Waals surface area contributed by atoms with Gasteiger partial charge in [0.05, 0.1) is 5.92 Å². The van der Waals surface area contributed by atoms with Crippen LogP contribution in [-0.2, 0) is 4.79 Å². The van der Waals surface area contributed by atoms with E-state index in [-0.39, 0.29) is 11.6 Å². The van der Waals surface area contributed by atoms with E-state index in [2.05, 4.69) is 18.2 Å². The summed E-state index contributed by atoms with van der Waals surface area (Å²) in [5.41, 5.74) is 1.67. The summed E-state index contributed by atoms with van der Waals surface area (Å²) in [7, 11) is 0. The first-order chi connectivity index (χ1) is 12.2. The summed E-state index contributed by atoms with van der Waals surface area (Å²) in [5, 5.41) is 2.34. The predicted molar refractivity (Wildman–Crippen MR) is 103 cm³/mol. The molecule has 0 amide bonds. The Kier molecular flexibility index (Phi) is 5.20. The Labute approximate surface area is 147 Å². The van der Waals surface area contributed by atoms with Crippen molar-refractivity contribution >= 4 is 28.4 Å². The zero-order chi connectivity index (χ0) is 17.6. The van der Waals surface area contributed by atoms with Crippen molar-refractivity contribution < 1.29 is 9.59 Å². The van der Waals surface area contributed by atoms with Crippen molar-refractivity contribution in [2.24, 2.45) is 5.92 Å². The topological polar surface area (TPSA) is 34.1 Å². The molecule has 0 aliphatic rings. The Bertz CT molecular complexity index is 918. The van der Waals surface area contributed by atoms with E-state index in [1.165, 1.54) is 12.3 Å². The number of allylic oxidation sites excluding steroid dienone is 1. The molecule has 0 spiro atoms. The van der Waals surface area contributed by atoms with Gasteiger partial charge in [-0.05, 0) is 29.7 Å². The molecule has 3 aromatic carbocycles. The number of fused-ring (bicyclic) bond motifs is 1. The van der Waals surface area contributed by atoms with Gasteiger partial charge in [0.25, 0.3) is 0 Å². The molecule has 0 saturated heterocycles. The Balaban J connectivity index is 1.81. The van der Waals surface area contributed by atoms with E-state index in [0.717, 1.165) is 10.9 Å². The average molecular weight is 328 g/mol. The summed E-state index contributed by atoms with van der Waals surface area (Å²) in [6.45, 7) is 1.48. The second-order valence-corrected chi connectivity index (χ2v) is 6.10. The van der Waals surface area contributed by atoms with Gasteiger partial charge >= 0.3 is 0 Å².